The normalized spacial score (nSPS) is 25.3. The molecule has 8 heteroatoms. The highest BCUT2D eigenvalue weighted by Gasteiger charge is 2.59. The second kappa shape index (κ2) is 8.31. The summed E-state index contributed by atoms with van der Waals surface area (Å²) in [5.74, 6) is 0.879. The average molecular weight is 396 g/mol. The van der Waals surface area contributed by atoms with Crippen molar-refractivity contribution >= 4 is 11.8 Å². The topological polar surface area (TPSA) is 104 Å². The van der Waals surface area contributed by atoms with Crippen LogP contribution in [0.5, 0.6) is 0 Å². The number of rotatable bonds is 8. The van der Waals surface area contributed by atoms with E-state index in [1.54, 1.807) is 0 Å². The summed E-state index contributed by atoms with van der Waals surface area (Å²) in [5, 5.41) is 16.9. The van der Waals surface area contributed by atoms with Gasteiger partial charge in [0.1, 0.15) is 0 Å². The third-order valence-corrected chi connectivity index (χ3v) is 6.56. The molecule has 4 rings (SSSR count). The molecule has 0 spiro atoms. The lowest BCUT2D eigenvalue weighted by Crippen LogP contribution is -2.50. The number of carbonyl (C=O) groups excluding carboxylic acids is 2. The zero-order chi connectivity index (χ0) is 20.3. The number of fused-ring (bicyclic) bond motifs is 2. The molecule has 1 aromatic heterocycles. The van der Waals surface area contributed by atoms with Crippen molar-refractivity contribution in [1.29, 1.82) is 0 Å². The van der Waals surface area contributed by atoms with Gasteiger partial charge in [0.2, 0.25) is 11.8 Å². The number of hydrogen-bond donors (Lipinski definition) is 2. The van der Waals surface area contributed by atoms with Crippen LogP contribution in [0, 0.1) is 5.41 Å². The summed E-state index contributed by atoms with van der Waals surface area (Å²) in [6.07, 6.45) is 5.26. The highest BCUT2D eigenvalue weighted by molar-refractivity contribution is 5.87. The highest BCUT2D eigenvalue weighted by atomic mass is 16.2. The average Bonchev–Trinajstić information content (AvgIpc) is 3.47. The van der Waals surface area contributed by atoms with Crippen molar-refractivity contribution < 1.29 is 9.59 Å². The summed E-state index contributed by atoms with van der Waals surface area (Å²) in [5.41, 5.74) is 0.554. The molecular formula is C21H28N6O2. The molecule has 2 aliphatic heterocycles. The van der Waals surface area contributed by atoms with Gasteiger partial charge in [0, 0.05) is 25.0 Å². The third-order valence-electron chi connectivity index (χ3n) is 6.56. The summed E-state index contributed by atoms with van der Waals surface area (Å²) < 4.78 is 0. The maximum atomic E-state index is 13.2. The summed E-state index contributed by atoms with van der Waals surface area (Å²) >= 11 is 0. The molecule has 2 N–H and O–H groups in total. The lowest BCUT2D eigenvalue weighted by molar-refractivity contribution is -0.136. The molecule has 2 fully saturated rings. The van der Waals surface area contributed by atoms with Crippen molar-refractivity contribution in [1.82, 2.24) is 30.8 Å². The van der Waals surface area contributed by atoms with E-state index in [1.165, 1.54) is 0 Å². The molecule has 0 unspecified atom stereocenters. The Kier molecular flexibility index (Phi) is 5.60. The van der Waals surface area contributed by atoms with E-state index in [1.807, 2.05) is 35.2 Å². The van der Waals surface area contributed by atoms with Gasteiger partial charge in [-0.15, -0.1) is 10.2 Å². The van der Waals surface area contributed by atoms with Crippen molar-refractivity contribution in [2.24, 2.45) is 5.41 Å². The van der Waals surface area contributed by atoms with E-state index in [0.29, 0.717) is 25.2 Å². The van der Waals surface area contributed by atoms with Crippen molar-refractivity contribution in [2.45, 2.75) is 64.0 Å². The minimum absolute atomic E-state index is 0.00548. The highest BCUT2D eigenvalue weighted by Crippen LogP contribution is 2.52. The molecule has 0 aliphatic carbocycles. The van der Waals surface area contributed by atoms with Crippen LogP contribution in [0.4, 0.5) is 0 Å². The summed E-state index contributed by atoms with van der Waals surface area (Å²) in [6, 6.07) is 10.0. The Labute approximate surface area is 170 Å². The fraction of sp³-hybridized carbons (Fsp3) is 0.571. The summed E-state index contributed by atoms with van der Waals surface area (Å²) in [6.45, 7) is 2.64. The number of H-pyrrole nitrogens is 1. The number of amides is 2. The van der Waals surface area contributed by atoms with Crippen LogP contribution in [-0.2, 0) is 22.4 Å². The Bertz CT molecular complexity index is 840. The number of nitrogens with zero attached hydrogens (tertiary/aromatic N) is 4. The van der Waals surface area contributed by atoms with Gasteiger partial charge in [-0.1, -0.05) is 42.5 Å². The first kappa shape index (κ1) is 19.5. The van der Waals surface area contributed by atoms with Gasteiger partial charge in [0.05, 0.1) is 11.8 Å². The van der Waals surface area contributed by atoms with Crippen molar-refractivity contribution in [2.75, 3.05) is 6.54 Å². The number of nitrogens with one attached hydrogen (secondary N) is 2. The lowest BCUT2D eigenvalue weighted by atomic mass is 9.71. The predicted octanol–water partition coefficient (Wildman–Crippen LogP) is 1.65. The van der Waals surface area contributed by atoms with E-state index in [0.717, 1.165) is 37.7 Å². The largest absolute Gasteiger partial charge is 0.356 e. The van der Waals surface area contributed by atoms with E-state index >= 15 is 0 Å². The van der Waals surface area contributed by atoms with Crippen molar-refractivity contribution in [3.05, 3.63) is 41.7 Å². The molecule has 0 saturated carbocycles. The number of hydrogen-bond acceptors (Lipinski definition) is 5. The maximum Gasteiger partial charge on any atom is 0.228 e. The van der Waals surface area contributed by atoms with Crippen LogP contribution in [0.1, 0.15) is 50.4 Å². The number of tetrazole rings is 1. The standard InChI is InChI=1S/C21H28N6O2/c1-2-21(20(29)22-12-6-9-18-23-25-26-24-18)14-16-10-11-17(21)27(16)19(28)13-15-7-4-3-5-8-15/h3-5,7-8,16-17H,2,6,9-14H2,1H3,(H,22,29)(H,23,24,25,26)/t16-,17+,21+/m0/s1. The minimum Gasteiger partial charge on any atom is -0.356 e. The van der Waals surface area contributed by atoms with Crippen LogP contribution < -0.4 is 5.32 Å². The molecule has 2 amide bonds. The van der Waals surface area contributed by atoms with Crippen molar-refractivity contribution in [3.8, 4) is 0 Å². The smallest absolute Gasteiger partial charge is 0.228 e. The number of aryl methyl sites for hydroxylation is 1. The number of aromatic amines is 1. The van der Waals surface area contributed by atoms with Crippen LogP contribution in [-0.4, -0.2) is 56.0 Å². The Morgan fingerprint density at radius 1 is 1.28 bits per heavy atom. The first-order valence-electron chi connectivity index (χ1n) is 10.5. The summed E-state index contributed by atoms with van der Waals surface area (Å²) in [4.78, 5) is 28.3. The van der Waals surface area contributed by atoms with Gasteiger partial charge < -0.3 is 10.2 Å². The second-order valence-electron chi connectivity index (χ2n) is 8.11. The van der Waals surface area contributed by atoms with Gasteiger partial charge in [-0.3, -0.25) is 9.59 Å². The molecule has 2 bridgehead atoms. The van der Waals surface area contributed by atoms with E-state index in [4.69, 9.17) is 0 Å². The Morgan fingerprint density at radius 3 is 2.83 bits per heavy atom. The number of aromatic nitrogens is 4. The zero-order valence-electron chi connectivity index (χ0n) is 16.8. The van der Waals surface area contributed by atoms with Crippen LogP contribution in [0.3, 0.4) is 0 Å². The van der Waals surface area contributed by atoms with E-state index in [9.17, 15) is 9.59 Å². The van der Waals surface area contributed by atoms with Gasteiger partial charge >= 0.3 is 0 Å². The fourth-order valence-electron chi connectivity index (χ4n) is 5.12. The first-order chi connectivity index (χ1) is 14.1. The predicted molar refractivity (Wildman–Crippen MR) is 107 cm³/mol. The Balaban J connectivity index is 1.38. The molecular weight excluding hydrogens is 368 g/mol. The zero-order valence-corrected chi connectivity index (χ0v) is 16.8. The van der Waals surface area contributed by atoms with E-state index in [-0.39, 0.29) is 23.9 Å². The SMILES string of the molecule is CC[C@@]1(C(=O)NCCCc2nn[nH]n2)C[C@@H]2CC[C@H]1N2C(=O)Cc1ccccc1. The van der Waals surface area contributed by atoms with Crippen LogP contribution >= 0.6 is 0 Å². The molecule has 8 nitrogen and oxygen atoms in total. The van der Waals surface area contributed by atoms with Crippen molar-refractivity contribution in [3.63, 3.8) is 0 Å². The van der Waals surface area contributed by atoms with Crippen LogP contribution in [0.2, 0.25) is 0 Å². The molecule has 154 valence electrons. The van der Waals surface area contributed by atoms with E-state index < -0.39 is 5.41 Å². The minimum atomic E-state index is -0.471. The van der Waals surface area contributed by atoms with Gasteiger partial charge in [-0.2, -0.15) is 5.21 Å². The third kappa shape index (κ3) is 3.75. The van der Waals surface area contributed by atoms with E-state index in [2.05, 4.69) is 32.9 Å². The molecule has 2 saturated heterocycles. The molecule has 0 radical (unpaired) electrons. The monoisotopic (exact) mass is 396 g/mol. The Morgan fingerprint density at radius 2 is 2.10 bits per heavy atom. The second-order valence-corrected chi connectivity index (χ2v) is 8.11. The first-order valence-corrected chi connectivity index (χ1v) is 10.5. The quantitative estimate of drug-likeness (QED) is 0.661. The molecule has 1 aromatic carbocycles. The number of carbonyl (C=O) groups is 2. The fourth-order valence-corrected chi connectivity index (χ4v) is 5.12. The molecule has 29 heavy (non-hydrogen) atoms. The van der Waals surface area contributed by atoms with Crippen LogP contribution in [0.15, 0.2) is 30.3 Å². The van der Waals surface area contributed by atoms with Gasteiger partial charge in [0.15, 0.2) is 5.82 Å². The molecule has 3 heterocycles. The lowest BCUT2D eigenvalue weighted by Gasteiger charge is -2.35. The van der Waals surface area contributed by atoms with Gasteiger partial charge in [-0.05, 0) is 37.7 Å². The number of benzene rings is 1. The van der Waals surface area contributed by atoms with Gasteiger partial charge in [0.25, 0.3) is 0 Å². The van der Waals surface area contributed by atoms with Gasteiger partial charge in [-0.25, -0.2) is 0 Å². The molecule has 2 aliphatic rings. The maximum absolute atomic E-state index is 13.2. The summed E-state index contributed by atoms with van der Waals surface area (Å²) in [7, 11) is 0. The van der Waals surface area contributed by atoms with Crippen LogP contribution in [0.25, 0.3) is 0 Å². The molecule has 2 aromatic rings. The molecule has 3 atom stereocenters. The Hall–Kier alpha value is -2.77.